The molecule has 2 heterocycles. The number of aromatic nitrogens is 4. The number of carbonyl (C=O) groups is 1. The molecular weight excluding hydrogens is 318 g/mol. The lowest BCUT2D eigenvalue weighted by Gasteiger charge is -2.06. The number of hydrogen-bond donors (Lipinski definition) is 1. The van der Waals surface area contributed by atoms with Crippen molar-refractivity contribution in [1.82, 2.24) is 19.6 Å². The average molecular weight is 339 g/mol. The summed E-state index contributed by atoms with van der Waals surface area (Å²) in [6.45, 7) is 5.08. The lowest BCUT2D eigenvalue weighted by atomic mass is 10.2. The molecule has 0 aliphatic rings. The van der Waals surface area contributed by atoms with Crippen LogP contribution in [0, 0.1) is 0 Å². The van der Waals surface area contributed by atoms with Crippen molar-refractivity contribution in [2.45, 2.75) is 33.5 Å². The summed E-state index contributed by atoms with van der Waals surface area (Å²) >= 11 is 0. The normalized spacial score (nSPS) is 10.6. The van der Waals surface area contributed by atoms with Crippen molar-refractivity contribution in [2.24, 2.45) is 0 Å². The van der Waals surface area contributed by atoms with Crippen molar-refractivity contribution in [2.75, 3.05) is 5.32 Å². The van der Waals surface area contributed by atoms with Gasteiger partial charge in [0.2, 0.25) is 0 Å². The number of hydrogen-bond acceptors (Lipinski definition) is 4. The summed E-state index contributed by atoms with van der Waals surface area (Å²) in [7, 11) is 0. The first-order chi connectivity index (χ1) is 12.2. The van der Waals surface area contributed by atoms with Crippen LogP contribution < -0.4 is 10.1 Å². The highest BCUT2D eigenvalue weighted by Crippen LogP contribution is 2.14. The van der Waals surface area contributed by atoms with Gasteiger partial charge in [-0.3, -0.25) is 9.48 Å². The number of ether oxygens (including phenoxy) is 1. The Hall–Kier alpha value is -3.09. The van der Waals surface area contributed by atoms with Gasteiger partial charge in [0.1, 0.15) is 5.75 Å². The number of amides is 1. The van der Waals surface area contributed by atoms with E-state index in [0.717, 1.165) is 18.7 Å². The number of nitrogens with zero attached hydrogens (tertiary/aromatic N) is 4. The van der Waals surface area contributed by atoms with Crippen LogP contribution in [0.2, 0.25) is 0 Å². The smallest absolute Gasteiger partial charge is 0.258 e. The molecular formula is C18H21N5O2. The third-order valence-electron chi connectivity index (χ3n) is 3.81. The van der Waals surface area contributed by atoms with Crippen molar-refractivity contribution in [1.29, 1.82) is 0 Å². The molecule has 0 aliphatic carbocycles. The number of aryl methyl sites for hydroxylation is 2. The lowest BCUT2D eigenvalue weighted by Crippen LogP contribution is -2.11. The molecule has 0 atom stereocenters. The summed E-state index contributed by atoms with van der Waals surface area (Å²) in [6, 6.07) is 7.97. The minimum Gasteiger partial charge on any atom is -0.471 e. The first-order valence-electron chi connectivity index (χ1n) is 8.26. The van der Waals surface area contributed by atoms with E-state index in [-0.39, 0.29) is 12.6 Å². The third-order valence-corrected chi connectivity index (χ3v) is 3.81. The van der Waals surface area contributed by atoms with Crippen LogP contribution in [-0.4, -0.2) is 25.5 Å². The summed E-state index contributed by atoms with van der Waals surface area (Å²) in [5.74, 6) is 0.570. The quantitative estimate of drug-likeness (QED) is 0.718. The van der Waals surface area contributed by atoms with E-state index < -0.39 is 0 Å². The Kier molecular flexibility index (Phi) is 5.13. The zero-order chi connectivity index (χ0) is 17.6. The van der Waals surface area contributed by atoms with Crippen LogP contribution in [0.15, 0.2) is 49.1 Å². The first kappa shape index (κ1) is 16.8. The molecule has 0 unspecified atom stereocenters. The summed E-state index contributed by atoms with van der Waals surface area (Å²) in [6.07, 6.45) is 7.57. The second-order valence-electron chi connectivity index (χ2n) is 5.58. The monoisotopic (exact) mass is 339 g/mol. The first-order valence-corrected chi connectivity index (χ1v) is 8.26. The fraction of sp³-hybridized carbons (Fsp3) is 0.278. The average Bonchev–Trinajstić information content (AvgIpc) is 3.29. The maximum atomic E-state index is 12.2. The van der Waals surface area contributed by atoms with Gasteiger partial charge in [-0.1, -0.05) is 19.1 Å². The molecule has 0 bridgehead atoms. The van der Waals surface area contributed by atoms with Crippen molar-refractivity contribution in [3.8, 4) is 5.75 Å². The van der Waals surface area contributed by atoms with Crippen LogP contribution in [0.4, 0.5) is 5.69 Å². The Bertz CT molecular complexity index is 835. The van der Waals surface area contributed by atoms with Gasteiger partial charge in [0, 0.05) is 12.7 Å². The summed E-state index contributed by atoms with van der Waals surface area (Å²) in [4.78, 5) is 12.2. The van der Waals surface area contributed by atoms with E-state index in [9.17, 15) is 4.79 Å². The van der Waals surface area contributed by atoms with E-state index in [1.807, 2.05) is 31.2 Å². The number of benzene rings is 1. The molecule has 0 saturated heterocycles. The van der Waals surface area contributed by atoms with Gasteiger partial charge in [-0.25, -0.2) is 4.68 Å². The van der Waals surface area contributed by atoms with Gasteiger partial charge in [0.15, 0.2) is 6.73 Å². The standard InChI is InChI=1S/C18H21N5O2/c1-3-14-5-7-17(8-6-14)25-13-23-12-16(10-20-23)21-18(24)15-9-19-22(4-2)11-15/h5-12H,3-4,13H2,1-2H3,(H,21,24). The van der Waals surface area contributed by atoms with E-state index >= 15 is 0 Å². The second kappa shape index (κ2) is 7.65. The third kappa shape index (κ3) is 4.26. The Morgan fingerprint density at radius 1 is 1.08 bits per heavy atom. The second-order valence-corrected chi connectivity index (χ2v) is 5.58. The molecule has 0 spiro atoms. The van der Waals surface area contributed by atoms with Gasteiger partial charge < -0.3 is 10.1 Å². The van der Waals surface area contributed by atoms with E-state index in [1.165, 1.54) is 5.56 Å². The molecule has 0 aliphatic heterocycles. The van der Waals surface area contributed by atoms with Crippen molar-refractivity contribution in [3.63, 3.8) is 0 Å². The van der Waals surface area contributed by atoms with E-state index in [1.54, 1.807) is 34.2 Å². The molecule has 1 aromatic carbocycles. The van der Waals surface area contributed by atoms with Crippen LogP contribution in [0.1, 0.15) is 29.8 Å². The van der Waals surface area contributed by atoms with Gasteiger partial charge in [0.05, 0.1) is 29.8 Å². The molecule has 130 valence electrons. The zero-order valence-electron chi connectivity index (χ0n) is 14.3. The highest BCUT2D eigenvalue weighted by molar-refractivity contribution is 6.03. The maximum absolute atomic E-state index is 12.2. The Balaban J connectivity index is 1.55. The molecule has 0 radical (unpaired) electrons. The fourth-order valence-corrected chi connectivity index (χ4v) is 2.32. The lowest BCUT2D eigenvalue weighted by molar-refractivity contribution is 0.102. The molecule has 25 heavy (non-hydrogen) atoms. The van der Waals surface area contributed by atoms with Gasteiger partial charge in [-0.15, -0.1) is 0 Å². The fourth-order valence-electron chi connectivity index (χ4n) is 2.32. The van der Waals surface area contributed by atoms with Crippen LogP contribution in [0.5, 0.6) is 5.75 Å². The number of nitrogens with one attached hydrogen (secondary N) is 1. The minimum absolute atomic E-state index is 0.213. The minimum atomic E-state index is -0.213. The highest BCUT2D eigenvalue weighted by atomic mass is 16.5. The largest absolute Gasteiger partial charge is 0.471 e. The summed E-state index contributed by atoms with van der Waals surface area (Å²) in [5.41, 5.74) is 2.39. The SMILES string of the molecule is CCc1ccc(OCn2cc(NC(=O)c3cnn(CC)c3)cn2)cc1. The molecule has 3 rings (SSSR count). The predicted molar refractivity (Wildman–Crippen MR) is 94.5 cm³/mol. The van der Waals surface area contributed by atoms with Gasteiger partial charge >= 0.3 is 0 Å². The Morgan fingerprint density at radius 3 is 2.52 bits per heavy atom. The van der Waals surface area contributed by atoms with Gasteiger partial charge in [0.25, 0.3) is 5.91 Å². The predicted octanol–water partition coefficient (Wildman–Crippen LogP) is 2.95. The summed E-state index contributed by atoms with van der Waals surface area (Å²) in [5, 5.41) is 11.1. The maximum Gasteiger partial charge on any atom is 0.258 e. The molecule has 1 amide bonds. The molecule has 7 heteroatoms. The van der Waals surface area contributed by atoms with E-state index in [4.69, 9.17) is 4.74 Å². The molecule has 7 nitrogen and oxygen atoms in total. The van der Waals surface area contributed by atoms with Crippen molar-refractivity contribution < 1.29 is 9.53 Å². The Labute approximate surface area is 146 Å². The highest BCUT2D eigenvalue weighted by Gasteiger charge is 2.10. The van der Waals surface area contributed by atoms with Crippen LogP contribution in [0.3, 0.4) is 0 Å². The van der Waals surface area contributed by atoms with Gasteiger partial charge in [-0.05, 0) is 31.0 Å². The van der Waals surface area contributed by atoms with E-state index in [0.29, 0.717) is 11.3 Å². The van der Waals surface area contributed by atoms with Gasteiger partial charge in [-0.2, -0.15) is 10.2 Å². The Morgan fingerprint density at radius 2 is 1.84 bits per heavy atom. The molecule has 0 saturated carbocycles. The van der Waals surface area contributed by atoms with Crippen molar-refractivity contribution >= 4 is 11.6 Å². The molecule has 1 N–H and O–H groups in total. The number of rotatable bonds is 7. The van der Waals surface area contributed by atoms with E-state index in [2.05, 4.69) is 22.4 Å². The molecule has 0 fully saturated rings. The topological polar surface area (TPSA) is 74.0 Å². The number of carbonyl (C=O) groups excluding carboxylic acids is 1. The van der Waals surface area contributed by atoms with Crippen LogP contribution in [0.25, 0.3) is 0 Å². The zero-order valence-corrected chi connectivity index (χ0v) is 14.3. The molecule has 2 aromatic heterocycles. The van der Waals surface area contributed by atoms with Crippen LogP contribution >= 0.6 is 0 Å². The van der Waals surface area contributed by atoms with Crippen molar-refractivity contribution in [3.05, 3.63) is 60.2 Å². The van der Waals surface area contributed by atoms with Crippen LogP contribution in [-0.2, 0) is 19.7 Å². The summed E-state index contributed by atoms with van der Waals surface area (Å²) < 4.78 is 9.01. The molecule has 3 aromatic rings. The number of anilines is 1.